The molecule has 2 N–H and O–H groups in total. The van der Waals surface area contributed by atoms with Crippen molar-refractivity contribution >= 4 is 17.6 Å². The van der Waals surface area contributed by atoms with E-state index < -0.39 is 6.61 Å². The van der Waals surface area contributed by atoms with Gasteiger partial charge in [0.2, 0.25) is 0 Å². The van der Waals surface area contributed by atoms with Crippen LogP contribution in [0.3, 0.4) is 0 Å². The quantitative estimate of drug-likeness (QED) is 0.539. The molecular formula is C17H24ClF2N3O2. The minimum atomic E-state index is -2.89. The lowest BCUT2D eigenvalue weighted by Gasteiger charge is -2.14. The summed E-state index contributed by atoms with van der Waals surface area (Å²) in [6.45, 7) is 1.51. The van der Waals surface area contributed by atoms with Gasteiger partial charge in [0.15, 0.2) is 5.96 Å². The molecule has 1 aliphatic heterocycles. The molecule has 1 atom stereocenters. The van der Waals surface area contributed by atoms with E-state index in [1.807, 2.05) is 6.92 Å². The number of rotatable bonds is 8. The number of nitrogens with zero attached hydrogens (tertiary/aromatic N) is 1. The molecule has 1 aromatic rings. The maximum atomic E-state index is 12.5. The van der Waals surface area contributed by atoms with Crippen molar-refractivity contribution in [3.05, 3.63) is 28.8 Å². The Morgan fingerprint density at radius 3 is 2.96 bits per heavy atom. The molecule has 2 rings (SSSR count). The van der Waals surface area contributed by atoms with E-state index in [0.29, 0.717) is 29.2 Å². The van der Waals surface area contributed by atoms with Crippen molar-refractivity contribution in [2.75, 3.05) is 19.7 Å². The third-order valence-corrected chi connectivity index (χ3v) is 4.01. The van der Waals surface area contributed by atoms with Gasteiger partial charge in [-0.15, -0.1) is 0 Å². The van der Waals surface area contributed by atoms with Crippen molar-refractivity contribution in [3.8, 4) is 5.75 Å². The van der Waals surface area contributed by atoms with Crippen LogP contribution in [-0.2, 0) is 11.3 Å². The number of alkyl halides is 2. The Kier molecular flexibility index (Phi) is 8.21. The fraction of sp³-hybridized carbons (Fsp3) is 0.588. The summed E-state index contributed by atoms with van der Waals surface area (Å²) in [5.41, 5.74) is 0.504. The predicted molar refractivity (Wildman–Crippen MR) is 94.5 cm³/mol. The zero-order valence-electron chi connectivity index (χ0n) is 14.2. The van der Waals surface area contributed by atoms with Gasteiger partial charge in [-0.1, -0.05) is 11.6 Å². The molecule has 1 saturated heterocycles. The van der Waals surface area contributed by atoms with Gasteiger partial charge in [0.25, 0.3) is 0 Å². The van der Waals surface area contributed by atoms with Gasteiger partial charge in [0.1, 0.15) is 5.75 Å². The van der Waals surface area contributed by atoms with Gasteiger partial charge in [0.05, 0.1) is 12.6 Å². The van der Waals surface area contributed by atoms with Gasteiger partial charge >= 0.3 is 6.61 Å². The van der Waals surface area contributed by atoms with Gasteiger partial charge in [0, 0.05) is 30.3 Å². The molecule has 0 radical (unpaired) electrons. The van der Waals surface area contributed by atoms with E-state index in [-0.39, 0.29) is 12.3 Å². The highest BCUT2D eigenvalue weighted by Gasteiger charge is 2.15. The fourth-order valence-corrected chi connectivity index (χ4v) is 2.81. The third kappa shape index (κ3) is 7.04. The van der Waals surface area contributed by atoms with Gasteiger partial charge < -0.3 is 20.1 Å². The highest BCUT2D eigenvalue weighted by Crippen LogP contribution is 2.25. The second-order valence-electron chi connectivity index (χ2n) is 5.68. The molecule has 1 unspecified atom stereocenters. The molecule has 1 aliphatic rings. The van der Waals surface area contributed by atoms with E-state index in [0.717, 1.165) is 32.4 Å². The number of ether oxygens (including phenoxy) is 2. The lowest BCUT2D eigenvalue weighted by Crippen LogP contribution is -2.38. The highest BCUT2D eigenvalue weighted by atomic mass is 35.5. The van der Waals surface area contributed by atoms with E-state index in [1.165, 1.54) is 12.1 Å². The third-order valence-electron chi connectivity index (χ3n) is 3.77. The highest BCUT2D eigenvalue weighted by molar-refractivity contribution is 6.30. The number of benzene rings is 1. The van der Waals surface area contributed by atoms with Gasteiger partial charge in [-0.2, -0.15) is 8.78 Å². The lowest BCUT2D eigenvalue weighted by molar-refractivity contribution is -0.0504. The fourth-order valence-electron chi connectivity index (χ4n) is 2.61. The molecule has 0 amide bonds. The van der Waals surface area contributed by atoms with E-state index in [1.54, 1.807) is 6.07 Å². The molecule has 25 heavy (non-hydrogen) atoms. The summed E-state index contributed by atoms with van der Waals surface area (Å²) in [5.74, 6) is 0.696. The van der Waals surface area contributed by atoms with Crippen LogP contribution in [0.1, 0.15) is 31.7 Å². The lowest BCUT2D eigenvalue weighted by atomic mass is 10.2. The summed E-state index contributed by atoms with van der Waals surface area (Å²) in [4.78, 5) is 4.43. The second kappa shape index (κ2) is 10.4. The van der Waals surface area contributed by atoms with Crippen molar-refractivity contribution in [3.63, 3.8) is 0 Å². The number of nitrogens with one attached hydrogen (secondary N) is 2. The summed E-state index contributed by atoms with van der Waals surface area (Å²) >= 11 is 5.95. The first-order valence-corrected chi connectivity index (χ1v) is 8.83. The van der Waals surface area contributed by atoms with Crippen molar-refractivity contribution in [2.24, 2.45) is 4.99 Å². The first-order chi connectivity index (χ1) is 12.1. The number of guanidine groups is 1. The molecule has 0 saturated carbocycles. The Morgan fingerprint density at radius 1 is 1.44 bits per heavy atom. The predicted octanol–water partition coefficient (Wildman–Crippen LogP) is 3.57. The van der Waals surface area contributed by atoms with Crippen molar-refractivity contribution in [1.29, 1.82) is 0 Å². The molecule has 0 aromatic heterocycles. The average molecular weight is 376 g/mol. The maximum Gasteiger partial charge on any atom is 0.387 e. The van der Waals surface area contributed by atoms with Gasteiger partial charge in [-0.3, -0.25) is 0 Å². The van der Waals surface area contributed by atoms with Crippen molar-refractivity contribution < 1.29 is 18.3 Å². The van der Waals surface area contributed by atoms with Crippen LogP contribution in [-0.4, -0.2) is 38.4 Å². The van der Waals surface area contributed by atoms with E-state index in [9.17, 15) is 8.78 Å². The number of hydrogen-bond acceptors (Lipinski definition) is 3. The second-order valence-corrected chi connectivity index (χ2v) is 6.11. The number of aliphatic imine (C=N–C) groups is 1. The smallest absolute Gasteiger partial charge is 0.387 e. The van der Waals surface area contributed by atoms with Crippen LogP contribution in [0.5, 0.6) is 5.75 Å². The summed E-state index contributed by atoms with van der Waals surface area (Å²) in [5, 5.41) is 6.81. The van der Waals surface area contributed by atoms with E-state index in [4.69, 9.17) is 16.3 Å². The Labute approximate surface area is 151 Å². The molecule has 1 fully saturated rings. The van der Waals surface area contributed by atoms with Crippen LogP contribution in [0.25, 0.3) is 0 Å². The summed E-state index contributed by atoms with van der Waals surface area (Å²) < 4.78 is 35.1. The molecule has 1 heterocycles. The molecule has 8 heteroatoms. The molecular weight excluding hydrogens is 352 g/mol. The van der Waals surface area contributed by atoms with Crippen molar-refractivity contribution in [2.45, 2.75) is 45.4 Å². The Balaban J connectivity index is 1.95. The zero-order valence-corrected chi connectivity index (χ0v) is 15.0. The molecule has 140 valence electrons. The van der Waals surface area contributed by atoms with Gasteiger partial charge in [-0.05, 0) is 44.4 Å². The molecule has 1 aromatic carbocycles. The largest absolute Gasteiger partial charge is 0.434 e. The summed E-state index contributed by atoms with van der Waals surface area (Å²) in [6, 6.07) is 4.52. The van der Waals surface area contributed by atoms with Crippen LogP contribution in [0.2, 0.25) is 5.02 Å². The van der Waals surface area contributed by atoms with Crippen LogP contribution in [0.15, 0.2) is 23.2 Å². The summed E-state index contributed by atoms with van der Waals surface area (Å²) in [6.07, 6.45) is 3.41. The van der Waals surface area contributed by atoms with Crippen LogP contribution >= 0.6 is 11.6 Å². The Hall–Kier alpha value is -1.60. The van der Waals surface area contributed by atoms with Gasteiger partial charge in [-0.25, -0.2) is 4.99 Å². The standard InChI is InChI=1S/C17H24ClF2N3O2/c1-2-21-17(22-8-7-14-4-3-9-24-14)23-11-12-10-13(18)5-6-15(12)25-16(19)20/h5-6,10,14,16H,2-4,7-9,11H2,1H3,(H2,21,22,23). The Bertz CT molecular complexity index is 567. The molecule has 0 spiro atoms. The van der Waals surface area contributed by atoms with Crippen LogP contribution in [0, 0.1) is 0 Å². The van der Waals surface area contributed by atoms with Crippen molar-refractivity contribution in [1.82, 2.24) is 10.6 Å². The number of hydrogen-bond donors (Lipinski definition) is 2. The maximum absolute atomic E-state index is 12.5. The number of halogens is 3. The minimum Gasteiger partial charge on any atom is -0.434 e. The topological polar surface area (TPSA) is 54.9 Å². The van der Waals surface area contributed by atoms with E-state index in [2.05, 4.69) is 20.4 Å². The monoisotopic (exact) mass is 375 g/mol. The van der Waals surface area contributed by atoms with Crippen LogP contribution < -0.4 is 15.4 Å². The molecule has 0 aliphatic carbocycles. The normalized spacial score (nSPS) is 17.8. The van der Waals surface area contributed by atoms with Crippen LogP contribution in [0.4, 0.5) is 8.78 Å². The molecule has 0 bridgehead atoms. The zero-order chi connectivity index (χ0) is 18.1. The molecule has 5 nitrogen and oxygen atoms in total. The van der Waals surface area contributed by atoms with E-state index >= 15 is 0 Å². The first kappa shape index (κ1) is 19.7. The average Bonchev–Trinajstić information content (AvgIpc) is 3.08. The first-order valence-electron chi connectivity index (χ1n) is 8.45. The SMILES string of the molecule is CCNC(=NCc1cc(Cl)ccc1OC(F)F)NCCC1CCCO1. The minimum absolute atomic E-state index is 0.0818. The Morgan fingerprint density at radius 2 is 2.28 bits per heavy atom. The summed E-state index contributed by atoms with van der Waals surface area (Å²) in [7, 11) is 0.